The molecule has 0 bridgehead atoms. The fourth-order valence-electron chi connectivity index (χ4n) is 2.93. The first-order valence-electron chi connectivity index (χ1n) is 8.20. The van der Waals surface area contributed by atoms with E-state index in [9.17, 15) is 9.59 Å². The van der Waals surface area contributed by atoms with E-state index >= 15 is 0 Å². The van der Waals surface area contributed by atoms with Crippen LogP contribution in [0.25, 0.3) is 0 Å². The largest absolute Gasteiger partial charge is 0.381 e. The van der Waals surface area contributed by atoms with Gasteiger partial charge in [0.1, 0.15) is 11.1 Å². The molecule has 1 saturated heterocycles. The van der Waals surface area contributed by atoms with Crippen molar-refractivity contribution in [3.05, 3.63) is 52.4 Å². The van der Waals surface area contributed by atoms with Gasteiger partial charge < -0.3 is 14.8 Å². The van der Waals surface area contributed by atoms with Crippen LogP contribution in [0.4, 0.5) is 5.00 Å². The van der Waals surface area contributed by atoms with E-state index in [2.05, 4.69) is 5.32 Å². The summed E-state index contributed by atoms with van der Waals surface area (Å²) in [5.74, 6) is -0.297. The highest BCUT2D eigenvalue weighted by molar-refractivity contribution is 7.14. The average molecular weight is 359 g/mol. The van der Waals surface area contributed by atoms with E-state index in [0.29, 0.717) is 29.3 Å². The second kappa shape index (κ2) is 7.91. The lowest BCUT2D eigenvalue weighted by molar-refractivity contribution is -0.128. The van der Waals surface area contributed by atoms with Crippen molar-refractivity contribution in [3.8, 4) is 0 Å². The minimum Gasteiger partial charge on any atom is -0.381 e. The van der Waals surface area contributed by atoms with Crippen molar-refractivity contribution >= 4 is 28.0 Å². The molecule has 2 atom stereocenters. The van der Waals surface area contributed by atoms with Gasteiger partial charge in [-0.05, 0) is 24.8 Å². The van der Waals surface area contributed by atoms with Crippen molar-refractivity contribution in [1.82, 2.24) is 0 Å². The van der Waals surface area contributed by atoms with Gasteiger partial charge >= 0.3 is 0 Å². The third kappa shape index (κ3) is 3.98. The van der Waals surface area contributed by atoms with Crippen LogP contribution in [0.3, 0.4) is 0 Å². The summed E-state index contributed by atoms with van der Waals surface area (Å²) in [6, 6.07) is 9.14. The van der Waals surface area contributed by atoms with Gasteiger partial charge in [-0.25, -0.2) is 0 Å². The summed E-state index contributed by atoms with van der Waals surface area (Å²) in [6.45, 7) is 3.14. The molecule has 2 aromatic rings. The summed E-state index contributed by atoms with van der Waals surface area (Å²) in [7, 11) is 1.52. The second-order valence-corrected chi connectivity index (χ2v) is 7.04. The number of carbonyl (C=O) groups excluding carboxylic acids is 2. The Labute approximate surface area is 151 Å². The standard InChI is InChI=1S/C19H21NO4S/c1-12-3-5-13(6-4-12)16(21)15-8-10-25-19(15)20-18(22)17(23-2)14-7-9-24-11-14/h3-6,8,10,14,17H,7,9,11H2,1-2H3,(H,20,22). The number of ketones is 1. The number of anilines is 1. The highest BCUT2D eigenvalue weighted by Gasteiger charge is 2.32. The third-order valence-corrected chi connectivity index (χ3v) is 5.20. The maximum atomic E-state index is 12.7. The van der Waals surface area contributed by atoms with Gasteiger partial charge in [-0.2, -0.15) is 0 Å². The Balaban J connectivity index is 1.75. The molecule has 25 heavy (non-hydrogen) atoms. The van der Waals surface area contributed by atoms with Gasteiger partial charge in [0.15, 0.2) is 5.78 Å². The maximum absolute atomic E-state index is 12.7. The third-order valence-electron chi connectivity index (χ3n) is 4.37. The number of benzene rings is 1. The Hall–Kier alpha value is -2.02. The van der Waals surface area contributed by atoms with E-state index in [1.165, 1.54) is 18.4 Å². The number of amides is 1. The van der Waals surface area contributed by atoms with E-state index in [-0.39, 0.29) is 17.6 Å². The number of aryl methyl sites for hydroxylation is 1. The molecule has 1 N–H and O–H groups in total. The normalized spacial score (nSPS) is 18.1. The highest BCUT2D eigenvalue weighted by atomic mass is 32.1. The van der Waals surface area contributed by atoms with Crippen LogP contribution < -0.4 is 5.32 Å². The summed E-state index contributed by atoms with van der Waals surface area (Å²) < 4.78 is 10.7. The monoisotopic (exact) mass is 359 g/mol. The maximum Gasteiger partial charge on any atom is 0.254 e. The van der Waals surface area contributed by atoms with Gasteiger partial charge in [-0.3, -0.25) is 9.59 Å². The predicted molar refractivity (Wildman–Crippen MR) is 97.3 cm³/mol. The van der Waals surface area contributed by atoms with Crippen molar-refractivity contribution < 1.29 is 19.1 Å². The summed E-state index contributed by atoms with van der Waals surface area (Å²) in [4.78, 5) is 25.3. The van der Waals surface area contributed by atoms with Gasteiger partial charge in [-0.1, -0.05) is 29.8 Å². The Morgan fingerprint density at radius 1 is 1.28 bits per heavy atom. The van der Waals surface area contributed by atoms with E-state index in [1.54, 1.807) is 23.6 Å². The van der Waals surface area contributed by atoms with Gasteiger partial charge in [0.2, 0.25) is 0 Å². The van der Waals surface area contributed by atoms with Crippen molar-refractivity contribution in [2.75, 3.05) is 25.6 Å². The minimum atomic E-state index is -0.577. The molecule has 0 saturated carbocycles. The van der Waals surface area contributed by atoms with Crippen molar-refractivity contribution in [2.45, 2.75) is 19.4 Å². The summed E-state index contributed by atoms with van der Waals surface area (Å²) in [5.41, 5.74) is 2.20. The average Bonchev–Trinajstić information content (AvgIpc) is 3.28. The lowest BCUT2D eigenvalue weighted by atomic mass is 10.0. The highest BCUT2D eigenvalue weighted by Crippen LogP contribution is 2.28. The van der Waals surface area contributed by atoms with Crippen LogP contribution >= 0.6 is 11.3 Å². The molecule has 0 spiro atoms. The molecule has 1 aromatic heterocycles. The molecule has 3 rings (SSSR count). The van der Waals surface area contributed by atoms with Crippen molar-refractivity contribution in [1.29, 1.82) is 0 Å². The number of nitrogens with one attached hydrogen (secondary N) is 1. The van der Waals surface area contributed by atoms with Crippen molar-refractivity contribution in [3.63, 3.8) is 0 Å². The van der Waals surface area contributed by atoms with E-state index in [1.807, 2.05) is 19.1 Å². The Morgan fingerprint density at radius 2 is 2.04 bits per heavy atom. The van der Waals surface area contributed by atoms with Gasteiger partial charge in [0, 0.05) is 25.2 Å². The molecule has 1 fully saturated rings. The molecule has 132 valence electrons. The van der Waals surface area contributed by atoms with Gasteiger partial charge in [0.25, 0.3) is 5.91 Å². The molecule has 1 amide bonds. The fraction of sp³-hybridized carbons (Fsp3) is 0.368. The molecule has 6 heteroatoms. The first-order chi connectivity index (χ1) is 12.1. The number of rotatable bonds is 6. The molecule has 0 radical (unpaired) electrons. The number of hydrogen-bond donors (Lipinski definition) is 1. The fourth-order valence-corrected chi connectivity index (χ4v) is 3.72. The van der Waals surface area contributed by atoms with Crippen LogP contribution in [-0.2, 0) is 14.3 Å². The van der Waals surface area contributed by atoms with Crippen LogP contribution in [0.5, 0.6) is 0 Å². The molecular weight excluding hydrogens is 338 g/mol. The van der Waals surface area contributed by atoms with Crippen molar-refractivity contribution in [2.24, 2.45) is 5.92 Å². The molecule has 0 aliphatic carbocycles. The lowest BCUT2D eigenvalue weighted by Crippen LogP contribution is -2.36. The zero-order valence-electron chi connectivity index (χ0n) is 14.3. The number of ether oxygens (including phenoxy) is 2. The number of thiophene rings is 1. The van der Waals surface area contributed by atoms with E-state index in [0.717, 1.165) is 12.0 Å². The van der Waals surface area contributed by atoms with Crippen LogP contribution in [0, 0.1) is 12.8 Å². The van der Waals surface area contributed by atoms with E-state index < -0.39 is 6.10 Å². The molecule has 2 heterocycles. The first-order valence-corrected chi connectivity index (χ1v) is 9.08. The van der Waals surface area contributed by atoms with Gasteiger partial charge in [-0.15, -0.1) is 11.3 Å². The molecule has 1 aliphatic rings. The summed E-state index contributed by atoms with van der Waals surface area (Å²) >= 11 is 1.33. The zero-order valence-corrected chi connectivity index (χ0v) is 15.1. The van der Waals surface area contributed by atoms with Crippen LogP contribution in [0.15, 0.2) is 35.7 Å². The molecular formula is C19H21NO4S. The van der Waals surface area contributed by atoms with Crippen LogP contribution in [0.1, 0.15) is 27.9 Å². The quantitative estimate of drug-likeness (QED) is 0.804. The van der Waals surface area contributed by atoms with Crippen LogP contribution in [-0.4, -0.2) is 38.1 Å². The Morgan fingerprint density at radius 3 is 2.68 bits per heavy atom. The number of methoxy groups -OCH3 is 1. The molecule has 1 aliphatic heterocycles. The van der Waals surface area contributed by atoms with E-state index in [4.69, 9.17) is 9.47 Å². The van der Waals surface area contributed by atoms with Gasteiger partial charge in [0.05, 0.1) is 12.2 Å². The smallest absolute Gasteiger partial charge is 0.254 e. The first kappa shape index (κ1) is 17.8. The predicted octanol–water partition coefficient (Wildman–Crippen LogP) is 3.28. The SMILES string of the molecule is COC(C(=O)Nc1sccc1C(=O)c1ccc(C)cc1)C1CCOC1. The second-order valence-electron chi connectivity index (χ2n) is 6.13. The zero-order chi connectivity index (χ0) is 17.8. The Kier molecular flexibility index (Phi) is 5.63. The summed E-state index contributed by atoms with van der Waals surface area (Å²) in [5, 5.41) is 5.21. The topological polar surface area (TPSA) is 64.6 Å². The molecule has 1 aromatic carbocycles. The summed E-state index contributed by atoms with van der Waals surface area (Å²) in [6.07, 6.45) is 0.220. The number of hydrogen-bond acceptors (Lipinski definition) is 5. The lowest BCUT2D eigenvalue weighted by Gasteiger charge is -2.20. The van der Waals surface area contributed by atoms with Crippen LogP contribution in [0.2, 0.25) is 0 Å². The molecule has 5 nitrogen and oxygen atoms in total. The number of carbonyl (C=O) groups is 2. The minimum absolute atomic E-state index is 0.0428. The molecule has 2 unspecified atom stereocenters. The Bertz CT molecular complexity index is 747.